The molecule has 1 aliphatic rings. The Morgan fingerprint density at radius 2 is 2.50 bits per heavy atom. The van der Waals surface area contributed by atoms with E-state index in [1.54, 1.807) is 19.5 Å². The van der Waals surface area contributed by atoms with Gasteiger partial charge in [-0.3, -0.25) is 15.0 Å². The van der Waals surface area contributed by atoms with Gasteiger partial charge in [0.25, 0.3) is 0 Å². The number of carbonyl (C=O) groups excluding carboxylic acids is 1. The predicted octanol–water partition coefficient (Wildman–Crippen LogP) is 0.630. The van der Waals surface area contributed by atoms with E-state index in [9.17, 15) is 4.79 Å². The number of nitrogens with zero attached hydrogens (tertiary/aromatic N) is 5. The monoisotopic (exact) mass is 324 g/mol. The van der Waals surface area contributed by atoms with Crippen LogP contribution in [0.4, 0.5) is 5.13 Å². The number of methoxy groups -OCH3 is 1. The van der Waals surface area contributed by atoms with Gasteiger partial charge in [-0.05, 0) is 13.3 Å². The molecule has 2 atom stereocenters. The molecule has 9 nitrogen and oxygen atoms in total. The lowest BCUT2D eigenvalue weighted by Gasteiger charge is -2.20. The Morgan fingerprint density at radius 1 is 1.64 bits per heavy atom. The highest BCUT2D eigenvalue weighted by molar-refractivity contribution is 7.13. The fourth-order valence-electron chi connectivity index (χ4n) is 2.48. The number of rotatable bonds is 5. The molecular weight excluding hydrogens is 308 g/mol. The van der Waals surface area contributed by atoms with Crippen LogP contribution in [-0.2, 0) is 9.53 Å². The van der Waals surface area contributed by atoms with Crippen molar-refractivity contribution in [2.24, 2.45) is 0 Å². The number of hydrogen-bond donors (Lipinski definition) is 1. The highest BCUT2D eigenvalue weighted by Crippen LogP contribution is 2.32. The third-order valence-electron chi connectivity index (χ3n) is 3.48. The van der Waals surface area contributed by atoms with Crippen molar-refractivity contribution in [3.63, 3.8) is 0 Å². The molecule has 0 bridgehead atoms. The van der Waals surface area contributed by atoms with Gasteiger partial charge in [0.15, 0.2) is 5.82 Å². The lowest BCUT2D eigenvalue weighted by Crippen LogP contribution is -2.34. The maximum Gasteiger partial charge on any atom is 0.244 e. The van der Waals surface area contributed by atoms with E-state index in [0.717, 1.165) is 0 Å². The molecule has 1 N–H and O–H groups in total. The quantitative estimate of drug-likeness (QED) is 0.853. The number of hydrogen-bond acceptors (Lipinski definition) is 9. The van der Waals surface area contributed by atoms with Crippen molar-refractivity contribution in [3.8, 4) is 0 Å². The Bertz CT molecular complexity index is 631. The standard InChI is InChI=1S/C12H16N6O3S/c1-7-14-11(21-17-7)9-3-8(20-2)4-18(9)5-10(19)15-12-16-13-6-22-12/h6,8-9H,3-5H2,1-2H3,(H,15,16,19)/t8-,9-/m1/s1. The Hall–Kier alpha value is -1.91. The van der Waals surface area contributed by atoms with E-state index in [0.29, 0.717) is 29.8 Å². The van der Waals surface area contributed by atoms with Crippen LogP contribution < -0.4 is 5.32 Å². The number of anilines is 1. The third kappa shape index (κ3) is 3.29. The second-order valence-electron chi connectivity index (χ2n) is 5.01. The van der Waals surface area contributed by atoms with Crippen LogP contribution in [0.5, 0.6) is 0 Å². The number of amides is 1. The zero-order valence-electron chi connectivity index (χ0n) is 12.2. The van der Waals surface area contributed by atoms with Gasteiger partial charge >= 0.3 is 0 Å². The molecule has 1 saturated heterocycles. The summed E-state index contributed by atoms with van der Waals surface area (Å²) in [5, 5.41) is 14.5. The molecule has 1 amide bonds. The van der Waals surface area contributed by atoms with Gasteiger partial charge < -0.3 is 9.26 Å². The molecule has 0 saturated carbocycles. The van der Waals surface area contributed by atoms with Crippen molar-refractivity contribution in [3.05, 3.63) is 17.2 Å². The topological polar surface area (TPSA) is 106 Å². The van der Waals surface area contributed by atoms with E-state index in [2.05, 4.69) is 25.7 Å². The van der Waals surface area contributed by atoms with E-state index in [-0.39, 0.29) is 24.6 Å². The lowest BCUT2D eigenvalue weighted by molar-refractivity contribution is -0.117. The van der Waals surface area contributed by atoms with Crippen LogP contribution in [0.25, 0.3) is 0 Å². The first-order valence-corrected chi connectivity index (χ1v) is 7.66. The van der Waals surface area contributed by atoms with Crippen LogP contribution in [0.2, 0.25) is 0 Å². The minimum absolute atomic E-state index is 0.0338. The highest BCUT2D eigenvalue weighted by Gasteiger charge is 2.37. The van der Waals surface area contributed by atoms with Crippen molar-refractivity contribution in [1.29, 1.82) is 0 Å². The van der Waals surface area contributed by atoms with Crippen LogP contribution in [-0.4, -0.2) is 57.4 Å². The summed E-state index contributed by atoms with van der Waals surface area (Å²) in [5.74, 6) is 0.935. The second kappa shape index (κ2) is 6.46. The largest absolute Gasteiger partial charge is 0.380 e. The maximum absolute atomic E-state index is 12.1. The molecule has 0 unspecified atom stereocenters. The smallest absolute Gasteiger partial charge is 0.244 e. The summed E-state index contributed by atoms with van der Waals surface area (Å²) in [4.78, 5) is 18.4. The Kier molecular flexibility index (Phi) is 4.41. The Labute approximate surface area is 130 Å². The molecular formula is C12H16N6O3S. The molecule has 2 aromatic heterocycles. The molecule has 1 fully saturated rings. The second-order valence-corrected chi connectivity index (χ2v) is 5.84. The number of ether oxygens (including phenoxy) is 1. The van der Waals surface area contributed by atoms with Gasteiger partial charge in [0.05, 0.1) is 18.7 Å². The summed E-state index contributed by atoms with van der Waals surface area (Å²) in [6.45, 7) is 2.60. The fraction of sp³-hybridized carbons (Fsp3) is 0.583. The maximum atomic E-state index is 12.1. The molecule has 1 aliphatic heterocycles. The summed E-state index contributed by atoms with van der Waals surface area (Å²) in [5.41, 5.74) is 1.57. The molecule has 0 aliphatic carbocycles. The Morgan fingerprint density at radius 3 is 3.14 bits per heavy atom. The number of carbonyl (C=O) groups is 1. The third-order valence-corrected chi connectivity index (χ3v) is 4.09. The van der Waals surface area contributed by atoms with Crippen LogP contribution in [0, 0.1) is 6.92 Å². The summed E-state index contributed by atoms with van der Waals surface area (Å²) in [6, 6.07) is -0.119. The minimum atomic E-state index is -0.158. The predicted molar refractivity (Wildman–Crippen MR) is 77.3 cm³/mol. The average molecular weight is 324 g/mol. The van der Waals surface area contributed by atoms with Gasteiger partial charge in [-0.2, -0.15) is 4.98 Å². The number of aryl methyl sites for hydroxylation is 1. The van der Waals surface area contributed by atoms with Crippen LogP contribution in [0.15, 0.2) is 10.0 Å². The molecule has 3 rings (SSSR count). The van der Waals surface area contributed by atoms with Gasteiger partial charge in [0.2, 0.25) is 16.9 Å². The van der Waals surface area contributed by atoms with Crippen LogP contribution in [0.1, 0.15) is 24.2 Å². The average Bonchev–Trinajstić information content (AvgIpc) is 3.20. The molecule has 118 valence electrons. The van der Waals surface area contributed by atoms with Crippen LogP contribution in [0.3, 0.4) is 0 Å². The summed E-state index contributed by atoms with van der Waals surface area (Å²) in [6.07, 6.45) is 0.746. The van der Waals surface area contributed by atoms with Gasteiger partial charge in [-0.15, -0.1) is 10.2 Å². The molecule has 3 heterocycles. The minimum Gasteiger partial charge on any atom is -0.380 e. The SMILES string of the molecule is CO[C@@H]1C[C@H](c2nc(C)no2)N(CC(=O)Nc2nncs2)C1. The molecule has 0 radical (unpaired) electrons. The highest BCUT2D eigenvalue weighted by atomic mass is 32.1. The first kappa shape index (κ1) is 15.0. The van der Waals surface area contributed by atoms with Gasteiger partial charge in [-0.25, -0.2) is 0 Å². The van der Waals surface area contributed by atoms with E-state index in [4.69, 9.17) is 9.26 Å². The van der Waals surface area contributed by atoms with Crippen LogP contribution >= 0.6 is 11.3 Å². The molecule has 22 heavy (non-hydrogen) atoms. The molecule has 2 aromatic rings. The first-order chi connectivity index (χ1) is 10.7. The number of aromatic nitrogens is 4. The van der Waals surface area contributed by atoms with Gasteiger partial charge in [0, 0.05) is 13.7 Å². The van der Waals surface area contributed by atoms with E-state index in [1.165, 1.54) is 11.3 Å². The van der Waals surface area contributed by atoms with E-state index < -0.39 is 0 Å². The summed E-state index contributed by atoms with van der Waals surface area (Å²) in [7, 11) is 1.66. The van der Waals surface area contributed by atoms with Crippen molar-refractivity contribution < 1.29 is 14.1 Å². The first-order valence-electron chi connectivity index (χ1n) is 6.78. The van der Waals surface area contributed by atoms with Crippen molar-refractivity contribution >= 4 is 22.4 Å². The summed E-state index contributed by atoms with van der Waals surface area (Å²) < 4.78 is 10.7. The molecule has 0 spiro atoms. The molecule has 10 heteroatoms. The van der Waals surface area contributed by atoms with Gasteiger partial charge in [-0.1, -0.05) is 16.5 Å². The van der Waals surface area contributed by atoms with E-state index >= 15 is 0 Å². The number of likely N-dealkylation sites (tertiary alicyclic amines) is 1. The zero-order chi connectivity index (χ0) is 15.5. The van der Waals surface area contributed by atoms with Crippen molar-refractivity contribution in [2.75, 3.05) is 25.5 Å². The molecule has 0 aromatic carbocycles. The summed E-state index contributed by atoms with van der Waals surface area (Å²) >= 11 is 1.28. The van der Waals surface area contributed by atoms with Crippen molar-refractivity contribution in [2.45, 2.75) is 25.5 Å². The zero-order valence-corrected chi connectivity index (χ0v) is 13.0. The normalized spacial score (nSPS) is 22.1. The van der Waals surface area contributed by atoms with Crippen molar-refractivity contribution in [1.82, 2.24) is 25.2 Å². The lowest BCUT2D eigenvalue weighted by atomic mass is 10.2. The fourth-order valence-corrected chi connectivity index (χ4v) is 2.94. The Balaban J connectivity index is 1.68. The van der Waals surface area contributed by atoms with Gasteiger partial charge in [0.1, 0.15) is 5.51 Å². The van der Waals surface area contributed by atoms with E-state index in [1.807, 2.05) is 4.90 Å². The number of nitrogens with one attached hydrogen (secondary N) is 1.